The number of thioether (sulfide) groups is 1. The van der Waals surface area contributed by atoms with Gasteiger partial charge in [0.25, 0.3) is 5.56 Å². The number of fused-ring (bicyclic) bond motifs is 1. The first kappa shape index (κ1) is 17.8. The molecule has 0 radical (unpaired) electrons. The largest absolute Gasteiger partial charge is 0.495 e. The van der Waals surface area contributed by atoms with Crippen molar-refractivity contribution in [3.63, 3.8) is 0 Å². The van der Waals surface area contributed by atoms with E-state index in [0.29, 0.717) is 44.7 Å². The molecule has 130 valence electrons. The Hall–Kier alpha value is -2.02. The van der Waals surface area contributed by atoms with Gasteiger partial charge in [-0.25, -0.2) is 4.98 Å². The molecular weight excluding hydrogens is 360 g/mol. The van der Waals surface area contributed by atoms with Gasteiger partial charge in [-0.15, -0.1) is 0 Å². The summed E-state index contributed by atoms with van der Waals surface area (Å²) in [5.41, 5.74) is 1.12. The predicted octanol–water partition coefficient (Wildman–Crippen LogP) is 3.52. The summed E-state index contributed by atoms with van der Waals surface area (Å²) >= 11 is 7.66. The van der Waals surface area contributed by atoms with Crippen LogP contribution in [0.5, 0.6) is 5.75 Å². The number of benzene rings is 2. The van der Waals surface area contributed by atoms with Crippen LogP contribution in [0.3, 0.4) is 0 Å². The number of halogens is 1. The second kappa shape index (κ2) is 7.91. The van der Waals surface area contributed by atoms with Crippen LogP contribution in [-0.4, -0.2) is 34.1 Å². The van der Waals surface area contributed by atoms with Crippen molar-refractivity contribution in [1.29, 1.82) is 0 Å². The number of aromatic nitrogens is 2. The molecule has 0 aliphatic heterocycles. The summed E-state index contributed by atoms with van der Waals surface area (Å²) in [5, 5.41) is 10.6. The summed E-state index contributed by atoms with van der Waals surface area (Å²) in [7, 11) is 1.54. The van der Waals surface area contributed by atoms with Gasteiger partial charge >= 0.3 is 0 Å². The van der Waals surface area contributed by atoms with Crippen LogP contribution in [0.1, 0.15) is 6.42 Å². The minimum atomic E-state index is -0.154. The van der Waals surface area contributed by atoms with Crippen LogP contribution in [0.25, 0.3) is 16.6 Å². The molecule has 0 saturated carbocycles. The Kier molecular flexibility index (Phi) is 5.63. The third-order valence-corrected chi connectivity index (χ3v) is 4.99. The third-order valence-electron chi connectivity index (χ3n) is 3.67. The van der Waals surface area contributed by atoms with Gasteiger partial charge in [-0.3, -0.25) is 9.36 Å². The standard InChI is InChI=1S/C18H17ClN2O3S/c1-24-16-8-7-12(11-14(16)19)21-17(23)13-5-2-3-6-15(13)20-18(21)25-10-4-9-22/h2-3,5-8,11,22H,4,9-10H2,1H3. The molecule has 1 N–H and O–H groups in total. The van der Waals surface area contributed by atoms with Gasteiger partial charge in [-0.05, 0) is 36.8 Å². The molecule has 7 heteroatoms. The second-order valence-corrected chi connectivity index (χ2v) is 6.77. The van der Waals surface area contributed by atoms with Crippen LogP contribution in [0, 0.1) is 0 Å². The fraction of sp³-hybridized carbons (Fsp3) is 0.222. The van der Waals surface area contributed by atoms with E-state index in [1.165, 1.54) is 11.8 Å². The van der Waals surface area contributed by atoms with Crippen LogP contribution >= 0.6 is 23.4 Å². The Bertz CT molecular complexity index is 959. The van der Waals surface area contributed by atoms with E-state index in [9.17, 15) is 4.79 Å². The first-order valence-electron chi connectivity index (χ1n) is 7.75. The smallest absolute Gasteiger partial charge is 0.266 e. The summed E-state index contributed by atoms with van der Waals surface area (Å²) < 4.78 is 6.73. The molecule has 0 aliphatic carbocycles. The number of methoxy groups -OCH3 is 1. The van der Waals surface area contributed by atoms with Crippen molar-refractivity contribution < 1.29 is 9.84 Å². The molecule has 25 heavy (non-hydrogen) atoms. The third kappa shape index (κ3) is 3.66. The zero-order chi connectivity index (χ0) is 17.8. The lowest BCUT2D eigenvalue weighted by molar-refractivity contribution is 0.296. The highest BCUT2D eigenvalue weighted by atomic mass is 35.5. The molecule has 3 rings (SSSR count). The summed E-state index contributed by atoms with van der Waals surface area (Å²) in [4.78, 5) is 17.7. The average molecular weight is 377 g/mol. The Morgan fingerprint density at radius 2 is 2.08 bits per heavy atom. The lowest BCUT2D eigenvalue weighted by Crippen LogP contribution is -2.22. The molecule has 2 aromatic carbocycles. The number of rotatable bonds is 6. The summed E-state index contributed by atoms with van der Waals surface area (Å²) in [6, 6.07) is 12.4. The van der Waals surface area contributed by atoms with Gasteiger partial charge in [0.05, 0.1) is 28.7 Å². The zero-order valence-corrected chi connectivity index (χ0v) is 15.2. The predicted molar refractivity (Wildman–Crippen MR) is 101 cm³/mol. The topological polar surface area (TPSA) is 64.3 Å². The first-order valence-corrected chi connectivity index (χ1v) is 9.11. The van der Waals surface area contributed by atoms with Crippen molar-refractivity contribution in [2.24, 2.45) is 0 Å². The van der Waals surface area contributed by atoms with E-state index in [2.05, 4.69) is 4.98 Å². The van der Waals surface area contributed by atoms with Crippen molar-refractivity contribution in [3.8, 4) is 11.4 Å². The van der Waals surface area contributed by atoms with Gasteiger partial charge < -0.3 is 9.84 Å². The summed E-state index contributed by atoms with van der Waals surface area (Å²) in [6.07, 6.45) is 0.622. The van der Waals surface area contributed by atoms with E-state index in [4.69, 9.17) is 21.4 Å². The van der Waals surface area contributed by atoms with Gasteiger partial charge in [-0.1, -0.05) is 35.5 Å². The number of nitrogens with zero attached hydrogens (tertiary/aromatic N) is 2. The number of aliphatic hydroxyl groups excluding tert-OH is 1. The Balaban J connectivity index is 2.20. The lowest BCUT2D eigenvalue weighted by Gasteiger charge is -2.14. The minimum absolute atomic E-state index is 0.0964. The monoisotopic (exact) mass is 376 g/mol. The van der Waals surface area contributed by atoms with Crippen molar-refractivity contribution in [2.45, 2.75) is 11.6 Å². The molecule has 0 amide bonds. The van der Waals surface area contributed by atoms with Crippen LogP contribution in [0.4, 0.5) is 0 Å². The number of para-hydroxylation sites is 1. The van der Waals surface area contributed by atoms with Gasteiger partial charge in [-0.2, -0.15) is 0 Å². The Morgan fingerprint density at radius 1 is 1.28 bits per heavy atom. The van der Waals surface area contributed by atoms with E-state index in [-0.39, 0.29) is 12.2 Å². The van der Waals surface area contributed by atoms with Gasteiger partial charge in [0, 0.05) is 12.4 Å². The van der Waals surface area contributed by atoms with Crippen molar-refractivity contribution in [1.82, 2.24) is 9.55 Å². The average Bonchev–Trinajstić information content (AvgIpc) is 2.62. The first-order chi connectivity index (χ1) is 12.2. The van der Waals surface area contributed by atoms with E-state index >= 15 is 0 Å². The minimum Gasteiger partial charge on any atom is -0.495 e. The highest BCUT2D eigenvalue weighted by Crippen LogP contribution is 2.28. The molecule has 0 spiro atoms. The van der Waals surface area contributed by atoms with Crippen LogP contribution in [0.15, 0.2) is 52.4 Å². The van der Waals surface area contributed by atoms with E-state index in [1.807, 2.05) is 18.2 Å². The van der Waals surface area contributed by atoms with Crippen molar-refractivity contribution in [2.75, 3.05) is 19.5 Å². The Morgan fingerprint density at radius 3 is 2.80 bits per heavy atom. The molecule has 1 heterocycles. The Labute approximate surface area is 154 Å². The van der Waals surface area contributed by atoms with Crippen molar-refractivity contribution >= 4 is 34.3 Å². The van der Waals surface area contributed by atoms with Gasteiger partial charge in [0.2, 0.25) is 0 Å². The molecular formula is C18H17ClN2O3S. The molecule has 0 unspecified atom stereocenters. The number of aliphatic hydroxyl groups is 1. The highest BCUT2D eigenvalue weighted by Gasteiger charge is 2.14. The quantitative estimate of drug-likeness (QED) is 0.405. The number of ether oxygens (including phenoxy) is 1. The number of hydrogen-bond acceptors (Lipinski definition) is 5. The molecule has 0 bridgehead atoms. The second-order valence-electron chi connectivity index (χ2n) is 5.30. The van der Waals surface area contributed by atoms with Crippen LogP contribution in [-0.2, 0) is 0 Å². The fourth-order valence-corrected chi connectivity index (χ4v) is 3.65. The summed E-state index contributed by atoms with van der Waals surface area (Å²) in [6.45, 7) is 0.0964. The van der Waals surface area contributed by atoms with Gasteiger partial charge in [0.1, 0.15) is 5.75 Å². The normalized spacial score (nSPS) is 11.0. The molecule has 5 nitrogen and oxygen atoms in total. The maximum absolute atomic E-state index is 13.0. The number of hydrogen-bond donors (Lipinski definition) is 1. The zero-order valence-electron chi connectivity index (χ0n) is 13.6. The van der Waals surface area contributed by atoms with E-state index < -0.39 is 0 Å². The van der Waals surface area contributed by atoms with E-state index in [0.717, 1.165) is 0 Å². The summed E-state index contributed by atoms with van der Waals surface area (Å²) in [5.74, 6) is 1.20. The molecule has 0 aliphatic rings. The maximum atomic E-state index is 13.0. The molecule has 1 aromatic heterocycles. The molecule has 0 saturated heterocycles. The maximum Gasteiger partial charge on any atom is 0.266 e. The molecule has 0 atom stereocenters. The van der Waals surface area contributed by atoms with E-state index in [1.54, 1.807) is 35.9 Å². The van der Waals surface area contributed by atoms with Gasteiger partial charge in [0.15, 0.2) is 5.16 Å². The fourth-order valence-electron chi connectivity index (χ4n) is 2.46. The highest BCUT2D eigenvalue weighted by molar-refractivity contribution is 7.99. The van der Waals surface area contributed by atoms with Crippen LogP contribution in [0.2, 0.25) is 5.02 Å². The van der Waals surface area contributed by atoms with Crippen LogP contribution < -0.4 is 10.3 Å². The molecule has 3 aromatic rings. The lowest BCUT2D eigenvalue weighted by atomic mass is 10.2. The van der Waals surface area contributed by atoms with Crippen molar-refractivity contribution in [3.05, 3.63) is 57.8 Å². The SMILES string of the molecule is COc1ccc(-n2c(SCCCO)nc3ccccc3c2=O)cc1Cl. The molecule has 0 fully saturated rings.